The zero-order chi connectivity index (χ0) is 15.1. The molecule has 0 fully saturated rings. The zero-order valence-corrected chi connectivity index (χ0v) is 12.3. The first-order chi connectivity index (χ1) is 10.2. The van der Waals surface area contributed by atoms with E-state index >= 15 is 0 Å². The van der Waals surface area contributed by atoms with Gasteiger partial charge in [-0.2, -0.15) is 0 Å². The molecule has 0 spiro atoms. The molecule has 2 rings (SSSR count). The van der Waals surface area contributed by atoms with E-state index in [1.165, 1.54) is 0 Å². The largest absolute Gasteiger partial charge is 0.493 e. The summed E-state index contributed by atoms with van der Waals surface area (Å²) in [6.07, 6.45) is 4.35. The summed E-state index contributed by atoms with van der Waals surface area (Å²) in [5.41, 5.74) is 0.974. The van der Waals surface area contributed by atoms with E-state index < -0.39 is 0 Å². The van der Waals surface area contributed by atoms with E-state index in [9.17, 15) is 4.79 Å². The van der Waals surface area contributed by atoms with Crippen LogP contribution in [0.15, 0.2) is 42.7 Å². The van der Waals surface area contributed by atoms with E-state index in [1.807, 2.05) is 47.3 Å². The molecule has 1 aromatic carbocycles. The van der Waals surface area contributed by atoms with Gasteiger partial charge in [0.05, 0.1) is 14.2 Å². The monoisotopic (exact) mass is 288 g/mol. The Morgan fingerprint density at radius 3 is 2.52 bits per heavy atom. The van der Waals surface area contributed by atoms with Crippen molar-refractivity contribution < 1.29 is 14.3 Å². The van der Waals surface area contributed by atoms with Crippen molar-refractivity contribution in [3.05, 3.63) is 48.3 Å². The van der Waals surface area contributed by atoms with Crippen LogP contribution in [-0.2, 0) is 17.9 Å². The van der Waals surface area contributed by atoms with Gasteiger partial charge in [-0.15, -0.1) is 0 Å². The fourth-order valence-electron chi connectivity index (χ4n) is 2.03. The van der Waals surface area contributed by atoms with Gasteiger partial charge in [-0.05, 0) is 29.8 Å². The van der Waals surface area contributed by atoms with E-state index in [1.54, 1.807) is 14.2 Å². The number of rotatable bonds is 7. The number of aryl methyl sites for hydroxylation is 1. The number of benzene rings is 1. The van der Waals surface area contributed by atoms with Crippen LogP contribution in [0.3, 0.4) is 0 Å². The highest BCUT2D eigenvalue weighted by atomic mass is 16.5. The third-order valence-corrected chi connectivity index (χ3v) is 3.20. The van der Waals surface area contributed by atoms with Crippen LogP contribution < -0.4 is 14.8 Å². The van der Waals surface area contributed by atoms with Crippen molar-refractivity contribution in [2.75, 3.05) is 14.2 Å². The molecule has 0 aliphatic rings. The molecule has 112 valence electrons. The number of carbonyl (C=O) groups excluding carboxylic acids is 1. The summed E-state index contributed by atoms with van der Waals surface area (Å²) in [6.45, 7) is 1.16. The molecule has 21 heavy (non-hydrogen) atoms. The second-order valence-electron chi connectivity index (χ2n) is 4.64. The molecule has 0 aliphatic heterocycles. The minimum absolute atomic E-state index is 0.0264. The molecule has 0 saturated heterocycles. The van der Waals surface area contributed by atoms with Crippen LogP contribution in [0.5, 0.6) is 11.5 Å². The smallest absolute Gasteiger partial charge is 0.222 e. The van der Waals surface area contributed by atoms with E-state index in [0.29, 0.717) is 31.0 Å². The predicted molar refractivity (Wildman–Crippen MR) is 80.4 cm³/mol. The van der Waals surface area contributed by atoms with Gasteiger partial charge < -0.3 is 19.4 Å². The number of ether oxygens (including phenoxy) is 2. The van der Waals surface area contributed by atoms with Crippen LogP contribution in [0.25, 0.3) is 0 Å². The fraction of sp³-hybridized carbons (Fsp3) is 0.312. The Balaban J connectivity index is 1.83. The van der Waals surface area contributed by atoms with Crippen molar-refractivity contribution in [3.8, 4) is 11.5 Å². The van der Waals surface area contributed by atoms with Crippen LogP contribution in [0.1, 0.15) is 12.0 Å². The zero-order valence-electron chi connectivity index (χ0n) is 12.3. The number of nitrogens with one attached hydrogen (secondary N) is 1. The topological polar surface area (TPSA) is 52.5 Å². The summed E-state index contributed by atoms with van der Waals surface area (Å²) < 4.78 is 12.4. The van der Waals surface area contributed by atoms with Gasteiger partial charge in [0.15, 0.2) is 11.5 Å². The van der Waals surface area contributed by atoms with Gasteiger partial charge in [-0.25, -0.2) is 0 Å². The second-order valence-corrected chi connectivity index (χ2v) is 4.64. The van der Waals surface area contributed by atoms with E-state index in [2.05, 4.69) is 5.32 Å². The number of hydrogen-bond donors (Lipinski definition) is 1. The molecule has 1 aromatic heterocycles. The molecule has 0 saturated carbocycles. The summed E-state index contributed by atoms with van der Waals surface area (Å²) in [7, 11) is 3.19. The number of carbonyl (C=O) groups is 1. The Morgan fingerprint density at radius 2 is 1.86 bits per heavy atom. The van der Waals surface area contributed by atoms with Gasteiger partial charge in [-0.1, -0.05) is 6.07 Å². The van der Waals surface area contributed by atoms with Gasteiger partial charge in [-0.3, -0.25) is 4.79 Å². The number of nitrogens with zero attached hydrogens (tertiary/aromatic N) is 1. The number of methoxy groups -OCH3 is 2. The van der Waals surface area contributed by atoms with Gasteiger partial charge in [0.1, 0.15) is 0 Å². The van der Waals surface area contributed by atoms with Crippen molar-refractivity contribution in [3.63, 3.8) is 0 Å². The summed E-state index contributed by atoms with van der Waals surface area (Å²) in [5, 5.41) is 2.90. The summed E-state index contributed by atoms with van der Waals surface area (Å²) in [5.74, 6) is 1.37. The second kappa shape index (κ2) is 7.38. The highest BCUT2D eigenvalue weighted by Crippen LogP contribution is 2.27. The Kier molecular flexibility index (Phi) is 5.26. The molecular formula is C16H20N2O3. The van der Waals surface area contributed by atoms with E-state index in [0.717, 1.165) is 5.56 Å². The maximum Gasteiger partial charge on any atom is 0.222 e. The molecule has 5 nitrogen and oxygen atoms in total. The lowest BCUT2D eigenvalue weighted by molar-refractivity contribution is -0.121. The third-order valence-electron chi connectivity index (χ3n) is 3.20. The molecule has 1 amide bonds. The van der Waals surface area contributed by atoms with Crippen molar-refractivity contribution in [2.24, 2.45) is 0 Å². The predicted octanol–water partition coefficient (Wildman–Crippen LogP) is 2.21. The SMILES string of the molecule is COc1ccc(CNC(=O)CCn2cccc2)cc1OC. The molecule has 1 heterocycles. The molecule has 0 radical (unpaired) electrons. The number of aromatic nitrogens is 1. The van der Waals surface area contributed by atoms with Crippen molar-refractivity contribution in [1.82, 2.24) is 9.88 Å². The van der Waals surface area contributed by atoms with Gasteiger partial charge in [0, 0.05) is 31.9 Å². The van der Waals surface area contributed by atoms with Gasteiger partial charge in [0.25, 0.3) is 0 Å². The third kappa shape index (κ3) is 4.27. The van der Waals surface area contributed by atoms with Gasteiger partial charge in [0.2, 0.25) is 5.91 Å². The minimum Gasteiger partial charge on any atom is -0.493 e. The first kappa shape index (κ1) is 15.0. The average molecular weight is 288 g/mol. The molecular weight excluding hydrogens is 268 g/mol. The van der Waals surface area contributed by atoms with Crippen molar-refractivity contribution in [1.29, 1.82) is 0 Å². The lowest BCUT2D eigenvalue weighted by Crippen LogP contribution is -2.23. The molecule has 0 atom stereocenters. The van der Waals surface area contributed by atoms with Gasteiger partial charge >= 0.3 is 0 Å². The van der Waals surface area contributed by atoms with E-state index in [4.69, 9.17) is 9.47 Å². The Bertz CT molecular complexity index is 579. The summed E-state index contributed by atoms with van der Waals surface area (Å²) in [6, 6.07) is 9.50. The molecule has 0 bridgehead atoms. The van der Waals surface area contributed by atoms with Crippen LogP contribution >= 0.6 is 0 Å². The lowest BCUT2D eigenvalue weighted by atomic mass is 10.2. The maximum atomic E-state index is 11.8. The highest BCUT2D eigenvalue weighted by Gasteiger charge is 2.06. The lowest BCUT2D eigenvalue weighted by Gasteiger charge is -2.10. The fourth-order valence-corrected chi connectivity index (χ4v) is 2.03. The van der Waals surface area contributed by atoms with Crippen molar-refractivity contribution in [2.45, 2.75) is 19.5 Å². The molecule has 0 unspecified atom stereocenters. The van der Waals surface area contributed by atoms with Crippen molar-refractivity contribution >= 4 is 5.91 Å². The first-order valence-electron chi connectivity index (χ1n) is 6.81. The highest BCUT2D eigenvalue weighted by molar-refractivity contribution is 5.75. The Hall–Kier alpha value is -2.43. The van der Waals surface area contributed by atoms with Crippen LogP contribution in [-0.4, -0.2) is 24.7 Å². The van der Waals surface area contributed by atoms with Crippen LogP contribution in [0.4, 0.5) is 0 Å². The molecule has 1 N–H and O–H groups in total. The summed E-state index contributed by atoms with van der Waals surface area (Å²) in [4.78, 5) is 11.8. The Labute approximate surface area is 124 Å². The molecule has 5 heteroatoms. The number of hydrogen-bond acceptors (Lipinski definition) is 3. The maximum absolute atomic E-state index is 11.8. The standard InChI is InChI=1S/C16H20N2O3/c1-20-14-6-5-13(11-15(14)21-2)12-17-16(19)7-10-18-8-3-4-9-18/h3-6,8-9,11H,7,10,12H2,1-2H3,(H,17,19). The summed E-state index contributed by atoms with van der Waals surface area (Å²) >= 11 is 0. The van der Waals surface area contributed by atoms with E-state index in [-0.39, 0.29) is 5.91 Å². The molecule has 2 aromatic rings. The quantitative estimate of drug-likeness (QED) is 0.850. The molecule has 0 aliphatic carbocycles. The van der Waals surface area contributed by atoms with Crippen LogP contribution in [0, 0.1) is 0 Å². The normalized spacial score (nSPS) is 10.2. The minimum atomic E-state index is 0.0264. The van der Waals surface area contributed by atoms with Crippen LogP contribution in [0.2, 0.25) is 0 Å². The Morgan fingerprint density at radius 1 is 1.14 bits per heavy atom. The first-order valence-corrected chi connectivity index (χ1v) is 6.81. The average Bonchev–Trinajstić information content (AvgIpc) is 3.04. The number of amides is 1.